The van der Waals surface area contributed by atoms with Gasteiger partial charge in [-0.3, -0.25) is 14.4 Å². The van der Waals surface area contributed by atoms with Crippen LogP contribution < -0.4 is 5.32 Å². The van der Waals surface area contributed by atoms with Crippen molar-refractivity contribution in [2.75, 3.05) is 6.54 Å². The van der Waals surface area contributed by atoms with Gasteiger partial charge in [0.05, 0.1) is 18.5 Å². The fourth-order valence-corrected chi connectivity index (χ4v) is 6.55. The number of likely N-dealkylation sites (tertiary alicyclic amines) is 1. The van der Waals surface area contributed by atoms with E-state index in [1.807, 2.05) is 47.4 Å². The number of alkyl halides is 1. The fraction of sp³-hybridized carbons (Fsp3) is 0.500. The second-order valence-corrected chi connectivity index (χ2v) is 11.1. The molecule has 6 nitrogen and oxygen atoms in total. The summed E-state index contributed by atoms with van der Waals surface area (Å²) in [6, 6.07) is 16.5. The van der Waals surface area contributed by atoms with Crippen LogP contribution in [0.4, 0.5) is 4.39 Å². The number of carbonyl (C=O) groups is 3. The van der Waals surface area contributed by atoms with E-state index in [4.69, 9.17) is 0 Å². The molecule has 196 valence electrons. The number of carbonyl (C=O) groups excluding carboxylic acids is 3. The number of amides is 3. The van der Waals surface area contributed by atoms with Crippen molar-refractivity contribution in [3.63, 3.8) is 0 Å². The van der Waals surface area contributed by atoms with Gasteiger partial charge < -0.3 is 15.1 Å². The number of nitrogens with one attached hydrogen (secondary N) is 1. The summed E-state index contributed by atoms with van der Waals surface area (Å²) in [5, 5.41) is 3.13. The van der Waals surface area contributed by atoms with Gasteiger partial charge in [0, 0.05) is 25.4 Å². The van der Waals surface area contributed by atoms with Crippen molar-refractivity contribution < 1.29 is 18.8 Å². The van der Waals surface area contributed by atoms with Crippen molar-refractivity contribution >= 4 is 17.7 Å². The molecule has 2 unspecified atom stereocenters. The molecule has 3 aliphatic rings. The number of nitrogens with zero attached hydrogens (tertiary/aromatic N) is 2. The molecule has 2 bridgehead atoms. The lowest BCUT2D eigenvalue weighted by Crippen LogP contribution is -2.50. The van der Waals surface area contributed by atoms with Crippen LogP contribution in [0.5, 0.6) is 0 Å². The Morgan fingerprint density at radius 2 is 1.57 bits per heavy atom. The Morgan fingerprint density at radius 1 is 0.919 bits per heavy atom. The van der Waals surface area contributed by atoms with Crippen molar-refractivity contribution in [2.45, 2.75) is 82.7 Å². The molecule has 0 aliphatic carbocycles. The van der Waals surface area contributed by atoms with Gasteiger partial charge in [-0.2, -0.15) is 0 Å². The highest BCUT2D eigenvalue weighted by Gasteiger charge is 2.53. The van der Waals surface area contributed by atoms with Crippen LogP contribution in [0, 0.1) is 5.92 Å². The Kier molecular flexibility index (Phi) is 7.06. The first-order chi connectivity index (χ1) is 17.7. The molecule has 3 saturated heterocycles. The smallest absolute Gasteiger partial charge is 0.243 e. The van der Waals surface area contributed by atoms with Gasteiger partial charge in [0.25, 0.3) is 0 Å². The number of fused-ring (bicyclic) bond motifs is 2. The summed E-state index contributed by atoms with van der Waals surface area (Å²) in [5.41, 5.74) is 3.06. The molecule has 3 heterocycles. The standard InChI is InChI=1S/C30H36FN3O3/c1-18(2)20-9-11-22(12-10-20)28(21-7-5-4-6-8-21)32-29(36)27-15-23(31)17-33(27)30(37)25-16-24-13-14-26(25)34(24)19(3)35/h4-12,18,23-28H,13-17H2,1-3H3,(H,32,36)/t23-,24?,25+,26?,27+,28+/m1/s1. The Bertz CT molecular complexity index is 1150. The molecule has 2 aromatic rings. The molecule has 3 amide bonds. The molecule has 0 saturated carbocycles. The first-order valence-corrected chi connectivity index (χ1v) is 13.4. The van der Waals surface area contributed by atoms with Crippen LogP contribution in [0.2, 0.25) is 0 Å². The van der Waals surface area contributed by atoms with Gasteiger partial charge in [0.15, 0.2) is 0 Å². The summed E-state index contributed by atoms with van der Waals surface area (Å²) < 4.78 is 14.7. The van der Waals surface area contributed by atoms with Crippen molar-refractivity contribution in [3.05, 3.63) is 71.3 Å². The highest BCUT2D eigenvalue weighted by molar-refractivity contribution is 5.91. The fourth-order valence-electron chi connectivity index (χ4n) is 6.55. The number of rotatable bonds is 6. The van der Waals surface area contributed by atoms with Gasteiger partial charge in [0.1, 0.15) is 12.2 Å². The predicted molar refractivity (Wildman–Crippen MR) is 139 cm³/mol. The topological polar surface area (TPSA) is 69.7 Å². The Labute approximate surface area is 218 Å². The summed E-state index contributed by atoms with van der Waals surface area (Å²) in [6.07, 6.45) is 1.02. The number of halogens is 1. The van der Waals surface area contributed by atoms with Crippen LogP contribution in [0.15, 0.2) is 54.6 Å². The van der Waals surface area contributed by atoms with E-state index in [9.17, 15) is 18.8 Å². The van der Waals surface area contributed by atoms with E-state index < -0.39 is 18.3 Å². The Morgan fingerprint density at radius 3 is 2.19 bits per heavy atom. The van der Waals surface area contributed by atoms with Crippen molar-refractivity contribution in [1.29, 1.82) is 0 Å². The van der Waals surface area contributed by atoms with E-state index >= 15 is 0 Å². The van der Waals surface area contributed by atoms with Gasteiger partial charge in [-0.05, 0) is 41.9 Å². The lowest BCUT2D eigenvalue weighted by molar-refractivity contribution is -0.143. The zero-order valence-electron chi connectivity index (χ0n) is 21.8. The predicted octanol–water partition coefficient (Wildman–Crippen LogP) is 4.35. The molecular formula is C30H36FN3O3. The van der Waals surface area contributed by atoms with Crippen LogP contribution in [0.25, 0.3) is 0 Å². The third-order valence-corrected chi connectivity index (χ3v) is 8.41. The molecule has 0 aromatic heterocycles. The lowest BCUT2D eigenvalue weighted by Gasteiger charge is -2.31. The van der Waals surface area contributed by atoms with Crippen LogP contribution in [0.3, 0.4) is 0 Å². The van der Waals surface area contributed by atoms with Crippen molar-refractivity contribution in [3.8, 4) is 0 Å². The van der Waals surface area contributed by atoms with Gasteiger partial charge in [-0.15, -0.1) is 0 Å². The number of hydrogen-bond donors (Lipinski definition) is 1. The summed E-state index contributed by atoms with van der Waals surface area (Å²) >= 11 is 0. The normalized spacial score (nSPS) is 27.5. The van der Waals surface area contributed by atoms with E-state index in [-0.39, 0.29) is 48.7 Å². The molecule has 7 heteroatoms. The quantitative estimate of drug-likeness (QED) is 0.635. The summed E-state index contributed by atoms with van der Waals surface area (Å²) in [6.45, 7) is 5.73. The van der Waals surface area contributed by atoms with Crippen LogP contribution in [-0.2, 0) is 14.4 Å². The molecule has 3 fully saturated rings. The first kappa shape index (κ1) is 25.4. The molecule has 1 N–H and O–H groups in total. The molecule has 6 atom stereocenters. The molecule has 5 rings (SSSR count). The molecule has 0 spiro atoms. The highest BCUT2D eigenvalue weighted by atomic mass is 19.1. The van der Waals surface area contributed by atoms with E-state index in [0.717, 1.165) is 24.0 Å². The lowest BCUT2D eigenvalue weighted by atomic mass is 9.88. The van der Waals surface area contributed by atoms with E-state index in [1.165, 1.54) is 10.5 Å². The maximum absolute atomic E-state index is 14.7. The van der Waals surface area contributed by atoms with E-state index in [2.05, 4.69) is 31.3 Å². The minimum atomic E-state index is -1.25. The van der Waals surface area contributed by atoms with E-state index in [0.29, 0.717) is 12.3 Å². The highest BCUT2D eigenvalue weighted by Crippen LogP contribution is 2.43. The summed E-state index contributed by atoms with van der Waals surface area (Å²) in [5.74, 6) is -0.533. The van der Waals surface area contributed by atoms with Gasteiger partial charge in [-0.1, -0.05) is 68.4 Å². The zero-order valence-corrected chi connectivity index (χ0v) is 21.8. The molecular weight excluding hydrogens is 469 g/mol. The van der Waals surface area contributed by atoms with Gasteiger partial charge >= 0.3 is 0 Å². The number of hydrogen-bond acceptors (Lipinski definition) is 3. The minimum Gasteiger partial charge on any atom is -0.343 e. The first-order valence-electron chi connectivity index (χ1n) is 13.4. The SMILES string of the molecule is CC(=O)N1C2CCC1[C@@H](C(=O)N1C[C@H](F)C[C@H]1C(=O)N[C@@H](c1ccccc1)c1ccc(C(C)C)cc1)C2. The van der Waals surface area contributed by atoms with E-state index in [1.54, 1.807) is 6.92 Å². The summed E-state index contributed by atoms with van der Waals surface area (Å²) in [7, 11) is 0. The average Bonchev–Trinajstić information content (AvgIpc) is 3.60. The average molecular weight is 506 g/mol. The summed E-state index contributed by atoms with van der Waals surface area (Å²) in [4.78, 5) is 42.7. The van der Waals surface area contributed by atoms with Gasteiger partial charge in [-0.25, -0.2) is 4.39 Å². The minimum absolute atomic E-state index is 0.0113. The molecule has 0 radical (unpaired) electrons. The maximum Gasteiger partial charge on any atom is 0.243 e. The second kappa shape index (κ2) is 10.3. The molecule has 2 aromatic carbocycles. The molecule has 37 heavy (non-hydrogen) atoms. The van der Waals surface area contributed by atoms with Crippen LogP contribution >= 0.6 is 0 Å². The third kappa shape index (κ3) is 4.88. The second-order valence-electron chi connectivity index (χ2n) is 11.1. The largest absolute Gasteiger partial charge is 0.343 e. The zero-order chi connectivity index (χ0) is 26.3. The molecule has 3 aliphatic heterocycles. The van der Waals surface area contributed by atoms with Crippen molar-refractivity contribution in [1.82, 2.24) is 15.1 Å². The third-order valence-electron chi connectivity index (χ3n) is 8.41. The van der Waals surface area contributed by atoms with Crippen LogP contribution in [0.1, 0.15) is 75.1 Å². The Balaban J connectivity index is 1.37. The number of benzene rings is 2. The van der Waals surface area contributed by atoms with Crippen LogP contribution in [-0.4, -0.2) is 58.4 Å². The Hall–Kier alpha value is -3.22. The monoisotopic (exact) mass is 505 g/mol. The maximum atomic E-state index is 14.7. The van der Waals surface area contributed by atoms with Crippen molar-refractivity contribution in [2.24, 2.45) is 5.92 Å². The van der Waals surface area contributed by atoms with Gasteiger partial charge in [0.2, 0.25) is 17.7 Å².